The Hall–Kier alpha value is -2.43. The topological polar surface area (TPSA) is 118 Å². The van der Waals surface area contributed by atoms with Crippen LogP contribution in [-0.4, -0.2) is 77.9 Å². The first-order chi connectivity index (χ1) is 16.0. The van der Waals surface area contributed by atoms with E-state index in [1.54, 1.807) is 12.1 Å². The molecule has 0 amide bonds. The Labute approximate surface area is 190 Å². The zero-order valence-corrected chi connectivity index (χ0v) is 17.9. The molecule has 1 fully saturated rings. The normalized spacial score (nSPS) is 30.6. The first kappa shape index (κ1) is 22.4. The van der Waals surface area contributed by atoms with Crippen LogP contribution in [0.2, 0.25) is 0 Å². The van der Waals surface area contributed by atoms with Crippen molar-refractivity contribution in [2.45, 2.75) is 42.9 Å². The zero-order valence-electron chi connectivity index (χ0n) is 17.9. The molecule has 2 aromatic carbocycles. The molecule has 178 valence electrons. The summed E-state index contributed by atoms with van der Waals surface area (Å²) in [6.45, 7) is 0.541. The highest BCUT2D eigenvalue weighted by Crippen LogP contribution is 2.43. The molecule has 5 rings (SSSR count). The molecule has 3 heterocycles. The Morgan fingerprint density at radius 1 is 0.909 bits per heavy atom. The number of halogens is 1. The Balaban J connectivity index is 1.52. The molecule has 8 nitrogen and oxygen atoms in total. The number of benzene rings is 2. The lowest BCUT2D eigenvalue weighted by atomic mass is 9.87. The van der Waals surface area contributed by atoms with Crippen molar-refractivity contribution in [3.63, 3.8) is 0 Å². The van der Waals surface area contributed by atoms with Gasteiger partial charge in [0.2, 0.25) is 0 Å². The standard InChI is InChI=1S/C24H27FO8/c25-20-19(10-27)33-24(22(29)21(20)28)14-7-13(23-16(8-14)15(9-26)11-32-23)5-12-1-2-17-18(6-12)31-4-3-30-17/h1-2,6-8,15,19-22,24,26-29H,3-5,9-11H2/t15?,19-,20-,21+,22-,24+/m1/s1. The van der Waals surface area contributed by atoms with Crippen molar-refractivity contribution in [2.75, 3.05) is 33.0 Å². The summed E-state index contributed by atoms with van der Waals surface area (Å²) in [5.41, 5.74) is 3.01. The minimum absolute atomic E-state index is 0.123. The van der Waals surface area contributed by atoms with E-state index in [9.17, 15) is 24.8 Å². The van der Waals surface area contributed by atoms with Gasteiger partial charge >= 0.3 is 0 Å². The minimum Gasteiger partial charge on any atom is -0.492 e. The number of aliphatic hydroxyl groups excluding tert-OH is 4. The van der Waals surface area contributed by atoms with Gasteiger partial charge in [-0.15, -0.1) is 0 Å². The number of aliphatic hydroxyl groups is 4. The molecule has 1 unspecified atom stereocenters. The molecule has 0 spiro atoms. The van der Waals surface area contributed by atoms with Crippen LogP contribution in [-0.2, 0) is 11.2 Å². The third-order valence-corrected chi connectivity index (χ3v) is 6.48. The number of hydrogen-bond donors (Lipinski definition) is 4. The predicted octanol–water partition coefficient (Wildman–Crippen LogP) is 1.01. The Kier molecular flexibility index (Phi) is 6.15. The average Bonchev–Trinajstić information content (AvgIpc) is 3.26. The molecule has 0 saturated carbocycles. The fourth-order valence-electron chi connectivity index (χ4n) is 4.71. The summed E-state index contributed by atoms with van der Waals surface area (Å²) in [5.74, 6) is 1.74. The first-order valence-corrected chi connectivity index (χ1v) is 11.1. The van der Waals surface area contributed by atoms with Crippen LogP contribution in [0.1, 0.15) is 34.3 Å². The predicted molar refractivity (Wildman–Crippen MR) is 114 cm³/mol. The molecule has 0 bridgehead atoms. The third-order valence-electron chi connectivity index (χ3n) is 6.48. The maximum Gasteiger partial charge on any atom is 0.161 e. The summed E-state index contributed by atoms with van der Waals surface area (Å²) in [7, 11) is 0. The Morgan fingerprint density at radius 2 is 1.70 bits per heavy atom. The Bertz CT molecular complexity index is 1010. The molecule has 1 saturated heterocycles. The summed E-state index contributed by atoms with van der Waals surface area (Å²) in [5, 5.41) is 40.0. The van der Waals surface area contributed by atoms with E-state index in [0.29, 0.717) is 49.1 Å². The van der Waals surface area contributed by atoms with E-state index < -0.39 is 37.2 Å². The summed E-state index contributed by atoms with van der Waals surface area (Å²) in [4.78, 5) is 0. The second kappa shape index (κ2) is 9.08. The Morgan fingerprint density at radius 3 is 2.45 bits per heavy atom. The van der Waals surface area contributed by atoms with Crippen LogP contribution in [0.15, 0.2) is 30.3 Å². The van der Waals surface area contributed by atoms with Crippen molar-refractivity contribution in [3.8, 4) is 17.2 Å². The molecule has 3 aliphatic rings. The van der Waals surface area contributed by atoms with Crippen LogP contribution in [0.3, 0.4) is 0 Å². The molecular weight excluding hydrogens is 435 g/mol. The largest absolute Gasteiger partial charge is 0.492 e. The van der Waals surface area contributed by atoms with Crippen molar-refractivity contribution in [1.29, 1.82) is 0 Å². The lowest BCUT2D eigenvalue weighted by Gasteiger charge is -2.39. The maximum absolute atomic E-state index is 14.3. The number of fused-ring (bicyclic) bond motifs is 2. The molecule has 0 aromatic heterocycles. The monoisotopic (exact) mass is 462 g/mol. The smallest absolute Gasteiger partial charge is 0.161 e. The molecule has 3 aliphatic heterocycles. The molecule has 0 radical (unpaired) electrons. The number of hydrogen-bond acceptors (Lipinski definition) is 8. The highest BCUT2D eigenvalue weighted by Gasteiger charge is 2.45. The third kappa shape index (κ3) is 4.04. The fraction of sp³-hybridized carbons (Fsp3) is 0.500. The van der Waals surface area contributed by atoms with Crippen LogP contribution < -0.4 is 14.2 Å². The average molecular weight is 462 g/mol. The van der Waals surface area contributed by atoms with Crippen molar-refractivity contribution in [2.24, 2.45) is 0 Å². The van der Waals surface area contributed by atoms with Crippen molar-refractivity contribution in [3.05, 3.63) is 52.6 Å². The molecule has 6 atom stereocenters. The van der Waals surface area contributed by atoms with Gasteiger partial charge in [0, 0.05) is 17.9 Å². The van der Waals surface area contributed by atoms with Gasteiger partial charge in [-0.2, -0.15) is 0 Å². The highest BCUT2D eigenvalue weighted by atomic mass is 19.1. The van der Waals surface area contributed by atoms with Gasteiger partial charge in [-0.1, -0.05) is 6.07 Å². The van der Waals surface area contributed by atoms with E-state index >= 15 is 0 Å². The highest BCUT2D eigenvalue weighted by molar-refractivity contribution is 5.53. The van der Waals surface area contributed by atoms with E-state index in [1.807, 2.05) is 18.2 Å². The van der Waals surface area contributed by atoms with Gasteiger partial charge in [-0.3, -0.25) is 0 Å². The van der Waals surface area contributed by atoms with Crippen LogP contribution in [0.5, 0.6) is 17.2 Å². The van der Waals surface area contributed by atoms with E-state index in [-0.39, 0.29) is 12.5 Å². The zero-order chi connectivity index (χ0) is 23.1. The first-order valence-electron chi connectivity index (χ1n) is 11.1. The lowest BCUT2D eigenvalue weighted by Crippen LogP contribution is -2.53. The van der Waals surface area contributed by atoms with Gasteiger partial charge in [0.05, 0.1) is 19.8 Å². The summed E-state index contributed by atoms with van der Waals surface area (Å²) in [6.07, 6.45) is -6.95. The number of rotatable bonds is 5. The van der Waals surface area contributed by atoms with Crippen molar-refractivity contribution < 1.29 is 43.8 Å². The molecule has 0 aliphatic carbocycles. The van der Waals surface area contributed by atoms with E-state index in [4.69, 9.17) is 18.9 Å². The number of alkyl halides is 1. The second-order valence-electron chi connectivity index (χ2n) is 8.65. The van der Waals surface area contributed by atoms with Gasteiger partial charge in [0.25, 0.3) is 0 Å². The van der Waals surface area contributed by atoms with Gasteiger partial charge in [-0.05, 0) is 41.0 Å². The summed E-state index contributed by atoms with van der Waals surface area (Å²) in [6, 6.07) is 9.23. The molecule has 33 heavy (non-hydrogen) atoms. The molecule has 2 aromatic rings. The second-order valence-corrected chi connectivity index (χ2v) is 8.65. The summed E-state index contributed by atoms with van der Waals surface area (Å²) >= 11 is 0. The van der Waals surface area contributed by atoms with Crippen LogP contribution >= 0.6 is 0 Å². The SMILES string of the molecule is OCC1COc2c(Cc3ccc4c(c3)OCCO4)cc([C@@H]3O[C@H](CO)[C@@H](F)[C@H](O)[C@H]3O)cc21. The fourth-order valence-corrected chi connectivity index (χ4v) is 4.71. The molecule has 9 heteroatoms. The van der Waals surface area contributed by atoms with E-state index in [0.717, 1.165) is 16.7 Å². The van der Waals surface area contributed by atoms with Gasteiger partial charge in [-0.25, -0.2) is 4.39 Å². The van der Waals surface area contributed by atoms with Crippen LogP contribution in [0, 0.1) is 0 Å². The lowest BCUT2D eigenvalue weighted by molar-refractivity contribution is -0.214. The van der Waals surface area contributed by atoms with E-state index in [2.05, 4.69) is 0 Å². The quantitative estimate of drug-likeness (QED) is 0.520. The van der Waals surface area contributed by atoms with Crippen molar-refractivity contribution >= 4 is 0 Å². The molecule has 4 N–H and O–H groups in total. The maximum atomic E-state index is 14.3. The summed E-state index contributed by atoms with van der Waals surface area (Å²) < 4.78 is 37.1. The van der Waals surface area contributed by atoms with Gasteiger partial charge in [0.15, 0.2) is 17.7 Å². The van der Waals surface area contributed by atoms with Crippen molar-refractivity contribution in [1.82, 2.24) is 0 Å². The van der Waals surface area contributed by atoms with E-state index in [1.165, 1.54) is 0 Å². The van der Waals surface area contributed by atoms with Gasteiger partial charge < -0.3 is 39.4 Å². The number of ether oxygens (including phenoxy) is 4. The van der Waals surface area contributed by atoms with Crippen LogP contribution in [0.25, 0.3) is 0 Å². The van der Waals surface area contributed by atoms with Crippen LogP contribution in [0.4, 0.5) is 4.39 Å². The minimum atomic E-state index is -1.90. The van der Waals surface area contributed by atoms with Gasteiger partial charge in [0.1, 0.15) is 43.4 Å². The molecular formula is C24H27FO8.